The molecule has 62 heavy (non-hydrogen) atoms. The summed E-state index contributed by atoms with van der Waals surface area (Å²) in [4.78, 5) is 0. The molecule has 0 saturated carbocycles. The minimum Gasteiger partial charge on any atom is -0.379 e. The van der Waals surface area contributed by atoms with Gasteiger partial charge in [0.25, 0.3) is 0 Å². The van der Waals surface area contributed by atoms with E-state index in [-0.39, 0.29) is 0 Å². The molecule has 0 spiro atoms. The highest BCUT2D eigenvalue weighted by Crippen LogP contribution is 2.40. The lowest BCUT2D eigenvalue weighted by molar-refractivity contribution is -0.0399. The maximum atomic E-state index is 6.74. The van der Waals surface area contributed by atoms with Gasteiger partial charge in [0.2, 0.25) is 0 Å². The third-order valence-corrected chi connectivity index (χ3v) is 9.32. The van der Waals surface area contributed by atoms with Gasteiger partial charge in [-0.3, -0.25) is 0 Å². The second-order valence-corrected chi connectivity index (χ2v) is 14.0. The first-order chi connectivity index (χ1) is 30.9. The van der Waals surface area contributed by atoms with E-state index < -0.39 is 5.60 Å². The van der Waals surface area contributed by atoms with Crippen molar-refractivity contribution in [2.75, 3.05) is 165 Å². The molecule has 3 aromatic carbocycles. The maximum absolute atomic E-state index is 6.74. The Labute approximate surface area is 371 Å². The molecule has 0 radical (unpaired) electrons. The van der Waals surface area contributed by atoms with E-state index in [1.165, 1.54) is 19.3 Å². The first kappa shape index (κ1) is 53.5. The molecule has 0 unspecified atom stereocenters. The van der Waals surface area contributed by atoms with Crippen LogP contribution in [0.5, 0.6) is 0 Å². The van der Waals surface area contributed by atoms with Gasteiger partial charge in [-0.05, 0) is 23.1 Å². The van der Waals surface area contributed by atoms with E-state index in [9.17, 15) is 0 Å². The Bertz CT molecular complexity index is 1260. The van der Waals surface area contributed by atoms with E-state index in [0.29, 0.717) is 159 Å². The normalized spacial score (nSPS) is 11.8. The van der Waals surface area contributed by atoms with Gasteiger partial charge < -0.3 is 61.6 Å². The summed E-state index contributed by atoms with van der Waals surface area (Å²) in [5.74, 6) is 0. The van der Waals surface area contributed by atoms with Crippen molar-refractivity contribution >= 4 is 0 Å². The zero-order valence-electron chi connectivity index (χ0n) is 37.5. The van der Waals surface area contributed by atoms with Crippen molar-refractivity contribution < 1.29 is 61.6 Å². The summed E-state index contributed by atoms with van der Waals surface area (Å²) in [6.07, 6.45) is 4.88. The molecule has 0 aliphatic rings. The predicted molar refractivity (Wildman–Crippen MR) is 239 cm³/mol. The molecule has 350 valence electrons. The lowest BCUT2D eigenvalue weighted by Crippen LogP contribution is -2.34. The standard InChI is InChI=1S/C49H76O13/c1-2-3-4-14-21-50-22-23-51-24-25-52-26-27-53-28-29-54-30-31-55-32-33-56-34-35-57-36-37-58-38-39-59-40-41-60-42-43-61-44-45-62-49(46-15-8-5-9-16-46,47-17-10-6-11-18-47)48-19-12-7-13-20-48/h5-13,15-20H,2-4,14,21-45H2,1H3. The fourth-order valence-corrected chi connectivity index (χ4v) is 6.17. The van der Waals surface area contributed by atoms with Gasteiger partial charge in [-0.1, -0.05) is 117 Å². The van der Waals surface area contributed by atoms with Gasteiger partial charge in [-0.15, -0.1) is 0 Å². The Hall–Kier alpha value is -2.86. The Balaban J connectivity index is 0.995. The lowest BCUT2D eigenvalue weighted by Gasteiger charge is -2.36. The van der Waals surface area contributed by atoms with Gasteiger partial charge in [-0.25, -0.2) is 0 Å². The summed E-state index contributed by atoms with van der Waals surface area (Å²) in [7, 11) is 0. The maximum Gasteiger partial charge on any atom is 0.143 e. The number of hydrogen-bond donors (Lipinski definition) is 0. The number of hydrogen-bond acceptors (Lipinski definition) is 13. The average molecular weight is 873 g/mol. The van der Waals surface area contributed by atoms with Gasteiger partial charge in [0, 0.05) is 6.61 Å². The van der Waals surface area contributed by atoms with Crippen LogP contribution in [-0.4, -0.2) is 165 Å². The average Bonchev–Trinajstić information content (AvgIpc) is 3.31. The van der Waals surface area contributed by atoms with Gasteiger partial charge in [-0.2, -0.15) is 0 Å². The Morgan fingerprint density at radius 3 is 0.726 bits per heavy atom. The Morgan fingerprint density at radius 1 is 0.258 bits per heavy atom. The van der Waals surface area contributed by atoms with Crippen LogP contribution in [0.3, 0.4) is 0 Å². The molecule has 0 bridgehead atoms. The summed E-state index contributed by atoms with van der Waals surface area (Å²) >= 11 is 0. The fourth-order valence-electron chi connectivity index (χ4n) is 6.17. The molecule has 13 heteroatoms. The molecule has 0 aromatic heterocycles. The molecule has 0 heterocycles. The molecular formula is C49H76O13. The number of ether oxygens (including phenoxy) is 13. The summed E-state index contributed by atoms with van der Waals surface area (Å²) in [5.41, 5.74) is 2.45. The number of rotatable bonds is 45. The van der Waals surface area contributed by atoms with Crippen LogP contribution in [0, 0.1) is 0 Å². The molecule has 0 fully saturated rings. The van der Waals surface area contributed by atoms with Crippen molar-refractivity contribution in [3.8, 4) is 0 Å². The van der Waals surface area contributed by atoms with Gasteiger partial charge in [0.05, 0.1) is 159 Å². The van der Waals surface area contributed by atoms with E-state index in [2.05, 4.69) is 43.3 Å². The lowest BCUT2D eigenvalue weighted by atomic mass is 9.80. The SMILES string of the molecule is CCCCCCOCCOCCOCCOCCOCCOCCOCCOCCOCCOCCOCCOCCOC(c1ccccc1)(c1ccccc1)c1ccccc1. The number of benzene rings is 3. The fraction of sp³-hybridized carbons (Fsp3) is 0.633. The van der Waals surface area contributed by atoms with E-state index >= 15 is 0 Å². The molecule has 3 rings (SSSR count). The largest absolute Gasteiger partial charge is 0.379 e. The van der Waals surface area contributed by atoms with Crippen LogP contribution < -0.4 is 0 Å². The van der Waals surface area contributed by atoms with E-state index in [1.807, 2.05) is 54.6 Å². The summed E-state index contributed by atoms with van der Waals surface area (Å²) in [6.45, 7) is 15.3. The van der Waals surface area contributed by atoms with Crippen molar-refractivity contribution in [2.45, 2.75) is 38.2 Å². The second-order valence-electron chi connectivity index (χ2n) is 14.0. The third-order valence-electron chi connectivity index (χ3n) is 9.32. The summed E-state index contributed by atoms with van der Waals surface area (Å²) in [6, 6.07) is 31.0. The molecule has 0 aliphatic carbocycles. The van der Waals surface area contributed by atoms with Crippen LogP contribution in [-0.2, 0) is 67.2 Å². The quantitative estimate of drug-likeness (QED) is 0.0439. The van der Waals surface area contributed by atoms with Crippen molar-refractivity contribution in [1.82, 2.24) is 0 Å². The highest BCUT2D eigenvalue weighted by atomic mass is 16.6. The topological polar surface area (TPSA) is 120 Å². The van der Waals surface area contributed by atoms with Gasteiger partial charge in [0.15, 0.2) is 0 Å². The molecule has 0 atom stereocenters. The minimum atomic E-state index is -0.754. The molecule has 0 saturated heterocycles. The van der Waals surface area contributed by atoms with Crippen LogP contribution >= 0.6 is 0 Å². The summed E-state index contributed by atoms with van der Waals surface area (Å²) < 4.78 is 73.6. The molecule has 3 aromatic rings. The van der Waals surface area contributed by atoms with Gasteiger partial charge in [0.1, 0.15) is 5.60 Å². The zero-order valence-corrected chi connectivity index (χ0v) is 37.5. The highest BCUT2D eigenvalue weighted by Gasteiger charge is 2.37. The molecule has 0 N–H and O–H groups in total. The zero-order chi connectivity index (χ0) is 43.5. The second kappa shape index (κ2) is 39.7. The molecule has 0 aliphatic heterocycles. The molecule has 13 nitrogen and oxygen atoms in total. The van der Waals surface area contributed by atoms with E-state index in [1.54, 1.807) is 0 Å². The number of unbranched alkanes of at least 4 members (excludes halogenated alkanes) is 3. The Kier molecular flexibility index (Phi) is 34.3. The summed E-state index contributed by atoms with van der Waals surface area (Å²) in [5, 5.41) is 0. The predicted octanol–water partition coefficient (Wildman–Crippen LogP) is 6.77. The van der Waals surface area contributed by atoms with Crippen molar-refractivity contribution in [3.63, 3.8) is 0 Å². The first-order valence-electron chi connectivity index (χ1n) is 22.6. The third kappa shape index (κ3) is 26.1. The molecule has 0 amide bonds. The monoisotopic (exact) mass is 873 g/mol. The van der Waals surface area contributed by atoms with E-state index in [0.717, 1.165) is 29.7 Å². The highest BCUT2D eigenvalue weighted by molar-refractivity contribution is 5.47. The van der Waals surface area contributed by atoms with E-state index in [4.69, 9.17) is 61.6 Å². The van der Waals surface area contributed by atoms with Crippen LogP contribution in [0.2, 0.25) is 0 Å². The van der Waals surface area contributed by atoms with Crippen LogP contribution in [0.25, 0.3) is 0 Å². The smallest absolute Gasteiger partial charge is 0.143 e. The van der Waals surface area contributed by atoms with Crippen LogP contribution in [0.1, 0.15) is 49.3 Å². The first-order valence-corrected chi connectivity index (χ1v) is 22.6. The minimum absolute atomic E-state index is 0.415. The van der Waals surface area contributed by atoms with Crippen LogP contribution in [0.4, 0.5) is 0 Å². The van der Waals surface area contributed by atoms with Crippen molar-refractivity contribution in [2.24, 2.45) is 0 Å². The van der Waals surface area contributed by atoms with Crippen molar-refractivity contribution in [3.05, 3.63) is 108 Å². The van der Waals surface area contributed by atoms with Gasteiger partial charge >= 0.3 is 0 Å². The van der Waals surface area contributed by atoms with Crippen LogP contribution in [0.15, 0.2) is 91.0 Å². The van der Waals surface area contributed by atoms with Crippen molar-refractivity contribution in [1.29, 1.82) is 0 Å². The molecular weight excluding hydrogens is 797 g/mol. The Morgan fingerprint density at radius 2 is 0.484 bits per heavy atom.